The van der Waals surface area contributed by atoms with Gasteiger partial charge >= 0.3 is 0 Å². The Morgan fingerprint density at radius 1 is 1.41 bits per heavy atom. The Morgan fingerprint density at radius 2 is 2.24 bits per heavy atom. The molecule has 2 atom stereocenters. The average molecular weight is 250 g/mol. The quantitative estimate of drug-likeness (QED) is 0.726. The molecule has 2 aliphatic rings. The molecule has 1 N–H and O–H groups in total. The SMILES string of the molecule is N#Cc1cccc2c1OC1CS(=O)(=O)CC1N2. The molecule has 17 heavy (non-hydrogen) atoms. The molecule has 1 aromatic carbocycles. The maximum absolute atomic E-state index is 11.5. The van der Waals surface area contributed by atoms with Gasteiger partial charge in [-0.05, 0) is 12.1 Å². The van der Waals surface area contributed by atoms with Gasteiger partial charge < -0.3 is 10.1 Å². The summed E-state index contributed by atoms with van der Waals surface area (Å²) in [6.07, 6.45) is -0.387. The predicted octanol–water partition coefficient (Wildman–Crippen LogP) is 0.528. The molecule has 0 bridgehead atoms. The first kappa shape index (κ1) is 10.4. The zero-order valence-electron chi connectivity index (χ0n) is 8.88. The van der Waals surface area contributed by atoms with Crippen molar-refractivity contribution < 1.29 is 13.2 Å². The number of para-hydroxylation sites is 1. The molecule has 3 rings (SSSR count). The highest BCUT2D eigenvalue weighted by atomic mass is 32.2. The van der Waals surface area contributed by atoms with Crippen molar-refractivity contribution in [3.05, 3.63) is 23.8 Å². The van der Waals surface area contributed by atoms with Gasteiger partial charge in [-0.3, -0.25) is 0 Å². The van der Waals surface area contributed by atoms with Gasteiger partial charge in [-0.15, -0.1) is 0 Å². The number of sulfone groups is 1. The molecule has 0 amide bonds. The highest BCUT2D eigenvalue weighted by Gasteiger charge is 2.42. The number of rotatable bonds is 0. The van der Waals surface area contributed by atoms with Crippen molar-refractivity contribution >= 4 is 15.5 Å². The molecule has 1 fully saturated rings. The fraction of sp³-hybridized carbons (Fsp3) is 0.364. The van der Waals surface area contributed by atoms with E-state index >= 15 is 0 Å². The fourth-order valence-electron chi connectivity index (χ4n) is 2.28. The van der Waals surface area contributed by atoms with Gasteiger partial charge in [-0.25, -0.2) is 8.42 Å². The lowest BCUT2D eigenvalue weighted by Gasteiger charge is -2.29. The molecule has 1 saturated heterocycles. The first-order valence-corrected chi connectivity index (χ1v) is 7.08. The zero-order valence-corrected chi connectivity index (χ0v) is 9.70. The summed E-state index contributed by atoms with van der Waals surface area (Å²) in [5.41, 5.74) is 1.13. The number of anilines is 1. The Bertz CT molecular complexity index is 618. The summed E-state index contributed by atoms with van der Waals surface area (Å²) in [7, 11) is -3.04. The van der Waals surface area contributed by atoms with Crippen molar-refractivity contribution in [2.75, 3.05) is 16.8 Å². The summed E-state index contributed by atoms with van der Waals surface area (Å²) < 4.78 is 28.7. The molecule has 0 saturated carbocycles. The Kier molecular flexibility index (Phi) is 2.07. The van der Waals surface area contributed by atoms with Gasteiger partial charge in [0.25, 0.3) is 0 Å². The number of benzene rings is 1. The van der Waals surface area contributed by atoms with Crippen LogP contribution in [0.25, 0.3) is 0 Å². The summed E-state index contributed by atoms with van der Waals surface area (Å²) in [5, 5.41) is 12.1. The van der Waals surface area contributed by atoms with E-state index in [1.807, 2.05) is 6.07 Å². The number of hydrogen-bond donors (Lipinski definition) is 1. The van der Waals surface area contributed by atoms with Crippen molar-refractivity contribution in [2.45, 2.75) is 12.1 Å². The topological polar surface area (TPSA) is 79.2 Å². The van der Waals surface area contributed by atoms with Crippen LogP contribution in [0.15, 0.2) is 18.2 Å². The minimum absolute atomic E-state index is 0.0177. The molecule has 2 heterocycles. The predicted molar refractivity (Wildman–Crippen MR) is 61.6 cm³/mol. The lowest BCUT2D eigenvalue weighted by molar-refractivity contribution is 0.205. The van der Waals surface area contributed by atoms with E-state index in [1.165, 1.54) is 0 Å². The van der Waals surface area contributed by atoms with Crippen molar-refractivity contribution in [1.29, 1.82) is 5.26 Å². The molecule has 1 aromatic rings. The van der Waals surface area contributed by atoms with Crippen LogP contribution in [0, 0.1) is 11.3 Å². The Labute approximate surface area is 98.9 Å². The lowest BCUT2D eigenvalue weighted by Crippen LogP contribution is -2.40. The van der Waals surface area contributed by atoms with E-state index in [0.717, 1.165) is 0 Å². The molecule has 0 aromatic heterocycles. The van der Waals surface area contributed by atoms with Crippen LogP contribution in [-0.2, 0) is 9.84 Å². The van der Waals surface area contributed by atoms with Gasteiger partial charge in [-0.1, -0.05) is 6.07 Å². The van der Waals surface area contributed by atoms with Gasteiger partial charge in [0, 0.05) is 0 Å². The van der Waals surface area contributed by atoms with Crippen LogP contribution >= 0.6 is 0 Å². The van der Waals surface area contributed by atoms with Crippen molar-refractivity contribution in [1.82, 2.24) is 0 Å². The van der Waals surface area contributed by atoms with Crippen LogP contribution in [0.5, 0.6) is 5.75 Å². The Hall–Kier alpha value is -1.74. The van der Waals surface area contributed by atoms with E-state index in [4.69, 9.17) is 10.00 Å². The summed E-state index contributed by atoms with van der Waals surface area (Å²) in [6, 6.07) is 7.03. The van der Waals surface area contributed by atoms with Gasteiger partial charge in [-0.2, -0.15) is 5.26 Å². The molecule has 6 heteroatoms. The third kappa shape index (κ3) is 1.63. The van der Waals surface area contributed by atoms with Crippen molar-refractivity contribution in [2.24, 2.45) is 0 Å². The number of nitriles is 1. The second-order valence-electron chi connectivity index (χ2n) is 4.28. The van der Waals surface area contributed by atoms with Gasteiger partial charge in [0.05, 0.1) is 28.8 Å². The fourth-order valence-corrected chi connectivity index (χ4v) is 4.07. The van der Waals surface area contributed by atoms with E-state index < -0.39 is 9.84 Å². The number of ether oxygens (including phenoxy) is 1. The van der Waals surface area contributed by atoms with Crippen LogP contribution in [0.1, 0.15) is 5.56 Å². The number of hydrogen-bond acceptors (Lipinski definition) is 5. The summed E-state index contributed by atoms with van der Waals surface area (Å²) in [6.45, 7) is 0. The van der Waals surface area contributed by atoms with Crippen LogP contribution in [-0.4, -0.2) is 32.1 Å². The molecule has 5 nitrogen and oxygen atoms in total. The minimum Gasteiger partial charge on any atom is -0.484 e. The van der Waals surface area contributed by atoms with Gasteiger partial charge in [0.2, 0.25) is 0 Å². The van der Waals surface area contributed by atoms with E-state index in [1.54, 1.807) is 18.2 Å². The van der Waals surface area contributed by atoms with E-state index in [-0.39, 0.29) is 23.7 Å². The largest absolute Gasteiger partial charge is 0.484 e. The zero-order chi connectivity index (χ0) is 12.0. The first-order chi connectivity index (χ1) is 8.09. The number of nitrogens with one attached hydrogen (secondary N) is 1. The summed E-state index contributed by atoms with van der Waals surface area (Å²) in [5.74, 6) is 0.575. The van der Waals surface area contributed by atoms with Crippen LogP contribution in [0.4, 0.5) is 5.69 Å². The molecule has 0 spiro atoms. The maximum atomic E-state index is 11.5. The number of nitrogens with zero attached hydrogens (tertiary/aromatic N) is 1. The molecule has 88 valence electrons. The number of fused-ring (bicyclic) bond motifs is 2. The molecular formula is C11H10N2O3S. The third-order valence-electron chi connectivity index (χ3n) is 3.05. The molecule has 0 radical (unpaired) electrons. The smallest absolute Gasteiger partial charge is 0.160 e. The Balaban J connectivity index is 2.03. The van der Waals surface area contributed by atoms with E-state index in [2.05, 4.69) is 5.32 Å². The van der Waals surface area contributed by atoms with Crippen LogP contribution in [0.3, 0.4) is 0 Å². The highest BCUT2D eigenvalue weighted by molar-refractivity contribution is 7.91. The maximum Gasteiger partial charge on any atom is 0.160 e. The second-order valence-corrected chi connectivity index (χ2v) is 6.43. The molecule has 2 unspecified atom stereocenters. The summed E-state index contributed by atoms with van der Waals surface area (Å²) >= 11 is 0. The molecule has 2 aliphatic heterocycles. The normalized spacial score (nSPS) is 28.2. The molecule has 0 aliphatic carbocycles. The lowest BCUT2D eigenvalue weighted by atomic mass is 10.1. The molecular weight excluding hydrogens is 240 g/mol. The van der Waals surface area contributed by atoms with Gasteiger partial charge in [0.15, 0.2) is 15.6 Å². The third-order valence-corrected chi connectivity index (χ3v) is 4.75. The summed E-state index contributed by atoms with van der Waals surface area (Å²) in [4.78, 5) is 0. The van der Waals surface area contributed by atoms with Crippen molar-refractivity contribution in [3.63, 3.8) is 0 Å². The highest BCUT2D eigenvalue weighted by Crippen LogP contribution is 2.36. The first-order valence-electron chi connectivity index (χ1n) is 5.26. The van der Waals surface area contributed by atoms with Gasteiger partial charge in [0.1, 0.15) is 12.2 Å². The van der Waals surface area contributed by atoms with E-state index in [0.29, 0.717) is 17.0 Å². The monoisotopic (exact) mass is 250 g/mol. The van der Waals surface area contributed by atoms with Crippen molar-refractivity contribution in [3.8, 4) is 11.8 Å². The van der Waals surface area contributed by atoms with Crippen LogP contribution < -0.4 is 10.1 Å². The van der Waals surface area contributed by atoms with E-state index in [9.17, 15) is 8.42 Å². The second kappa shape index (κ2) is 3.37. The average Bonchev–Trinajstić information content (AvgIpc) is 2.57. The standard InChI is InChI=1S/C11H10N2O3S/c12-4-7-2-1-3-8-11(7)16-10-6-17(14,15)5-9(10)13-8/h1-3,9-10,13H,5-6H2. The Morgan fingerprint density at radius 3 is 3.00 bits per heavy atom. The minimum atomic E-state index is -3.04. The van der Waals surface area contributed by atoms with Crippen LogP contribution in [0.2, 0.25) is 0 Å².